The van der Waals surface area contributed by atoms with Crippen LogP contribution in [0.1, 0.15) is 57.4 Å². The molecule has 0 unspecified atom stereocenters. The van der Waals surface area contributed by atoms with Crippen molar-refractivity contribution in [1.29, 1.82) is 0 Å². The number of aromatic nitrogens is 1. The average Bonchev–Trinajstić information content (AvgIpc) is 2.34. The van der Waals surface area contributed by atoms with E-state index >= 15 is 0 Å². The zero-order valence-electron chi connectivity index (χ0n) is 13.8. The van der Waals surface area contributed by atoms with Crippen molar-refractivity contribution in [2.45, 2.75) is 52.9 Å². The number of benzene rings is 1. The molecule has 2 heteroatoms. The van der Waals surface area contributed by atoms with Crippen molar-refractivity contribution in [3.8, 4) is 0 Å². The quantitative estimate of drug-likeness (QED) is 0.830. The Morgan fingerprint density at radius 1 is 1.15 bits per heavy atom. The number of hydrogen-bond acceptors (Lipinski definition) is 2. The molecule has 108 valence electrons. The summed E-state index contributed by atoms with van der Waals surface area (Å²) in [6.07, 6.45) is 0. The van der Waals surface area contributed by atoms with Gasteiger partial charge in [-0.3, -0.25) is 4.98 Å². The number of anilines is 1. The second-order valence-corrected chi connectivity index (χ2v) is 6.87. The molecule has 0 aliphatic heterocycles. The molecule has 0 aliphatic rings. The van der Waals surface area contributed by atoms with Gasteiger partial charge in [0.15, 0.2) is 0 Å². The maximum absolute atomic E-state index is 4.79. The molecule has 1 aromatic carbocycles. The first kappa shape index (κ1) is 14.8. The molecule has 2 nitrogen and oxygen atoms in total. The highest BCUT2D eigenvalue weighted by Crippen LogP contribution is 2.35. The van der Waals surface area contributed by atoms with Crippen molar-refractivity contribution in [1.82, 2.24) is 4.98 Å². The molecule has 0 aliphatic carbocycles. The number of aryl methyl sites for hydroxylation is 1. The predicted molar refractivity (Wildman–Crippen MR) is 88.8 cm³/mol. The van der Waals surface area contributed by atoms with Gasteiger partial charge < -0.3 is 5.32 Å². The predicted octanol–water partition coefficient (Wildman–Crippen LogP) is 5.01. The lowest BCUT2D eigenvalue weighted by molar-refractivity contribution is 0.591. The topological polar surface area (TPSA) is 24.9 Å². The summed E-state index contributed by atoms with van der Waals surface area (Å²) in [6.45, 7) is 13.3. The third-order valence-corrected chi connectivity index (χ3v) is 3.91. The van der Waals surface area contributed by atoms with Gasteiger partial charge in [-0.15, -0.1) is 0 Å². The highest BCUT2D eigenvalue weighted by molar-refractivity contribution is 5.94. The molecule has 1 N–H and O–H groups in total. The highest BCUT2D eigenvalue weighted by atomic mass is 14.8. The molecular weight excluding hydrogens is 244 g/mol. The Hall–Kier alpha value is -1.57. The number of hydrogen-bond donors (Lipinski definition) is 1. The summed E-state index contributed by atoms with van der Waals surface area (Å²) < 4.78 is 0. The summed E-state index contributed by atoms with van der Waals surface area (Å²) in [5.74, 6) is 0.465. The van der Waals surface area contributed by atoms with Crippen LogP contribution in [-0.4, -0.2) is 12.0 Å². The van der Waals surface area contributed by atoms with E-state index in [1.807, 2.05) is 7.05 Å². The van der Waals surface area contributed by atoms with Crippen LogP contribution < -0.4 is 5.32 Å². The van der Waals surface area contributed by atoms with Gasteiger partial charge in [-0.25, -0.2) is 0 Å². The van der Waals surface area contributed by atoms with Gasteiger partial charge in [0.2, 0.25) is 0 Å². The molecular formula is C18H26N2. The standard InChI is InChI=1S/C18H26N2/c1-11(2)16-12(3)20-15-9-8-13(18(4,5)6)10-14(15)17(16)19-7/h8-11H,1-7H3,(H,19,20). The second-order valence-electron chi connectivity index (χ2n) is 6.87. The van der Waals surface area contributed by atoms with Crippen LogP contribution in [-0.2, 0) is 5.41 Å². The van der Waals surface area contributed by atoms with E-state index in [2.05, 4.69) is 65.1 Å². The number of nitrogens with zero attached hydrogens (tertiary/aromatic N) is 1. The van der Waals surface area contributed by atoms with Crippen LogP contribution in [0.25, 0.3) is 10.9 Å². The Morgan fingerprint density at radius 2 is 1.80 bits per heavy atom. The van der Waals surface area contributed by atoms with Crippen molar-refractivity contribution < 1.29 is 0 Å². The van der Waals surface area contributed by atoms with Gasteiger partial charge in [0.25, 0.3) is 0 Å². The number of pyridine rings is 1. The highest BCUT2D eigenvalue weighted by Gasteiger charge is 2.18. The molecule has 0 saturated heterocycles. The molecule has 0 spiro atoms. The normalized spacial score (nSPS) is 12.2. The fourth-order valence-electron chi connectivity index (χ4n) is 2.84. The fourth-order valence-corrected chi connectivity index (χ4v) is 2.84. The Morgan fingerprint density at radius 3 is 2.30 bits per heavy atom. The van der Waals surface area contributed by atoms with Gasteiger partial charge in [0, 0.05) is 23.8 Å². The van der Waals surface area contributed by atoms with Crippen LogP contribution in [0.5, 0.6) is 0 Å². The van der Waals surface area contributed by atoms with Gasteiger partial charge in [-0.1, -0.05) is 40.7 Å². The van der Waals surface area contributed by atoms with Gasteiger partial charge in [0.05, 0.1) is 5.52 Å². The molecule has 20 heavy (non-hydrogen) atoms. The minimum Gasteiger partial charge on any atom is -0.387 e. The molecule has 0 fully saturated rings. The minimum absolute atomic E-state index is 0.155. The zero-order valence-corrected chi connectivity index (χ0v) is 13.8. The smallest absolute Gasteiger partial charge is 0.0726 e. The molecule has 2 rings (SSSR count). The van der Waals surface area contributed by atoms with Crippen molar-refractivity contribution in [3.63, 3.8) is 0 Å². The largest absolute Gasteiger partial charge is 0.387 e. The third kappa shape index (κ3) is 2.52. The maximum atomic E-state index is 4.79. The monoisotopic (exact) mass is 270 g/mol. The molecule has 0 saturated carbocycles. The molecule has 1 aromatic heterocycles. The molecule has 2 aromatic rings. The van der Waals surface area contributed by atoms with E-state index in [1.165, 1.54) is 22.2 Å². The first-order valence-electron chi connectivity index (χ1n) is 7.38. The summed E-state index contributed by atoms with van der Waals surface area (Å²) in [5, 5.41) is 4.63. The van der Waals surface area contributed by atoms with Crippen molar-refractivity contribution in [3.05, 3.63) is 35.0 Å². The SMILES string of the molecule is CNc1c(C(C)C)c(C)nc2ccc(C(C)(C)C)cc12. The van der Waals surface area contributed by atoms with Gasteiger partial charge in [-0.05, 0) is 41.5 Å². The van der Waals surface area contributed by atoms with E-state index in [0.29, 0.717) is 5.92 Å². The minimum atomic E-state index is 0.155. The lowest BCUT2D eigenvalue weighted by Gasteiger charge is -2.22. The first-order valence-corrected chi connectivity index (χ1v) is 7.38. The maximum Gasteiger partial charge on any atom is 0.0726 e. The van der Waals surface area contributed by atoms with Crippen LogP contribution in [0.15, 0.2) is 18.2 Å². The summed E-state index contributed by atoms with van der Waals surface area (Å²) in [4.78, 5) is 4.79. The van der Waals surface area contributed by atoms with Crippen molar-refractivity contribution in [2.24, 2.45) is 0 Å². The van der Waals surface area contributed by atoms with Crippen molar-refractivity contribution in [2.75, 3.05) is 12.4 Å². The van der Waals surface area contributed by atoms with Crippen LogP contribution in [0, 0.1) is 6.92 Å². The van der Waals surface area contributed by atoms with Gasteiger partial charge in [0.1, 0.15) is 0 Å². The lowest BCUT2D eigenvalue weighted by Crippen LogP contribution is -2.11. The number of fused-ring (bicyclic) bond motifs is 1. The number of rotatable bonds is 2. The summed E-state index contributed by atoms with van der Waals surface area (Å²) in [5.41, 5.74) is 6.26. The first-order chi connectivity index (χ1) is 9.25. The third-order valence-electron chi connectivity index (χ3n) is 3.91. The molecule has 0 bridgehead atoms. The summed E-state index contributed by atoms with van der Waals surface area (Å²) in [6, 6.07) is 6.64. The molecule has 0 radical (unpaired) electrons. The van der Waals surface area contributed by atoms with Crippen LogP contribution in [0.4, 0.5) is 5.69 Å². The fraction of sp³-hybridized carbons (Fsp3) is 0.500. The van der Waals surface area contributed by atoms with E-state index in [4.69, 9.17) is 4.98 Å². The average molecular weight is 270 g/mol. The summed E-state index contributed by atoms with van der Waals surface area (Å²) >= 11 is 0. The van der Waals surface area contributed by atoms with E-state index in [9.17, 15) is 0 Å². The van der Waals surface area contributed by atoms with Gasteiger partial charge >= 0.3 is 0 Å². The van der Waals surface area contributed by atoms with E-state index < -0.39 is 0 Å². The molecule has 0 amide bonds. The van der Waals surface area contributed by atoms with Crippen LogP contribution >= 0.6 is 0 Å². The van der Waals surface area contributed by atoms with Gasteiger partial charge in [-0.2, -0.15) is 0 Å². The van der Waals surface area contributed by atoms with Crippen LogP contribution in [0.3, 0.4) is 0 Å². The summed E-state index contributed by atoms with van der Waals surface area (Å²) in [7, 11) is 2.00. The lowest BCUT2D eigenvalue weighted by atomic mass is 9.85. The Bertz CT molecular complexity index is 634. The Balaban J connectivity index is 2.82. The molecule has 0 atom stereocenters. The van der Waals surface area contributed by atoms with E-state index in [1.54, 1.807) is 0 Å². The Kier molecular flexibility index (Phi) is 3.77. The number of nitrogens with one attached hydrogen (secondary N) is 1. The van der Waals surface area contributed by atoms with Crippen molar-refractivity contribution >= 4 is 16.6 Å². The van der Waals surface area contributed by atoms with Crippen LogP contribution in [0.2, 0.25) is 0 Å². The molecule has 1 heterocycles. The van der Waals surface area contributed by atoms with E-state index in [-0.39, 0.29) is 5.41 Å². The zero-order chi connectivity index (χ0) is 15.1. The second kappa shape index (κ2) is 5.08. The van der Waals surface area contributed by atoms with E-state index in [0.717, 1.165) is 11.2 Å². The Labute approximate surface area is 122 Å².